The predicted octanol–water partition coefficient (Wildman–Crippen LogP) is -0.863. The molecule has 2 rings (SSSR count). The first-order valence-corrected chi connectivity index (χ1v) is 5.97. The van der Waals surface area contributed by atoms with Crippen LogP contribution < -0.4 is 5.32 Å². The predicted molar refractivity (Wildman–Crippen MR) is 61.3 cm³/mol. The Bertz CT molecular complexity index is 258. The number of likely N-dealkylation sites (tertiary alicyclic amines) is 1. The van der Waals surface area contributed by atoms with Crippen LogP contribution in [0, 0.1) is 0 Å². The van der Waals surface area contributed by atoms with Gasteiger partial charge in [-0.3, -0.25) is 9.69 Å². The van der Waals surface area contributed by atoms with Crippen molar-refractivity contribution in [2.45, 2.75) is 18.6 Å². The molecular weight excluding hydrogens is 206 g/mol. The highest BCUT2D eigenvalue weighted by Gasteiger charge is 2.36. The Balaban J connectivity index is 1.91. The number of likely N-dealkylation sites (N-methyl/N-ethyl adjacent to an activating group) is 2. The van der Waals surface area contributed by atoms with E-state index in [0.717, 1.165) is 39.2 Å². The molecule has 0 radical (unpaired) electrons. The maximum atomic E-state index is 11.9. The Morgan fingerprint density at radius 1 is 1.50 bits per heavy atom. The normalized spacial score (nSPS) is 32.4. The van der Waals surface area contributed by atoms with Crippen molar-refractivity contribution < 1.29 is 9.53 Å². The molecule has 0 aromatic rings. The van der Waals surface area contributed by atoms with Gasteiger partial charge in [0.15, 0.2) is 0 Å². The Morgan fingerprint density at radius 3 is 2.94 bits per heavy atom. The summed E-state index contributed by atoms with van der Waals surface area (Å²) in [7, 11) is 3.81. The van der Waals surface area contributed by atoms with Gasteiger partial charge in [0.1, 0.15) is 0 Å². The summed E-state index contributed by atoms with van der Waals surface area (Å²) < 4.78 is 5.64. The van der Waals surface area contributed by atoms with E-state index in [2.05, 4.69) is 10.2 Å². The Morgan fingerprint density at radius 2 is 2.31 bits per heavy atom. The summed E-state index contributed by atoms with van der Waals surface area (Å²) in [6.45, 7) is 4.22. The lowest BCUT2D eigenvalue weighted by Crippen LogP contribution is -2.52. The molecule has 2 saturated heterocycles. The molecule has 5 nitrogen and oxygen atoms in total. The van der Waals surface area contributed by atoms with E-state index >= 15 is 0 Å². The first-order valence-electron chi connectivity index (χ1n) is 5.97. The molecule has 0 aromatic carbocycles. The molecular formula is C11H21N3O2. The fraction of sp³-hybridized carbons (Fsp3) is 0.909. The van der Waals surface area contributed by atoms with Crippen LogP contribution in [0.15, 0.2) is 0 Å². The lowest BCUT2D eigenvalue weighted by atomic mass is 10.1. The van der Waals surface area contributed by atoms with Gasteiger partial charge in [0.05, 0.1) is 18.8 Å². The minimum Gasteiger partial charge on any atom is -0.374 e. The number of nitrogens with zero attached hydrogens (tertiary/aromatic N) is 2. The van der Waals surface area contributed by atoms with Gasteiger partial charge < -0.3 is 15.0 Å². The van der Waals surface area contributed by atoms with E-state index in [1.807, 2.05) is 19.0 Å². The summed E-state index contributed by atoms with van der Waals surface area (Å²) in [5.41, 5.74) is 0. The van der Waals surface area contributed by atoms with Crippen molar-refractivity contribution in [2.24, 2.45) is 0 Å². The fourth-order valence-corrected chi connectivity index (χ4v) is 2.52. The number of morpholine rings is 1. The summed E-state index contributed by atoms with van der Waals surface area (Å²) in [4.78, 5) is 16.0. The molecule has 0 aliphatic carbocycles. The Hall–Kier alpha value is -0.650. The van der Waals surface area contributed by atoms with Crippen molar-refractivity contribution >= 4 is 5.91 Å². The van der Waals surface area contributed by atoms with Crippen LogP contribution in [-0.4, -0.2) is 74.7 Å². The van der Waals surface area contributed by atoms with Gasteiger partial charge in [-0.25, -0.2) is 0 Å². The summed E-state index contributed by atoms with van der Waals surface area (Å²) in [6, 6.07) is 0.0910. The number of hydrogen-bond donors (Lipinski definition) is 1. The maximum Gasteiger partial charge on any atom is 0.239 e. The highest BCUT2D eigenvalue weighted by Crippen LogP contribution is 2.18. The maximum absolute atomic E-state index is 11.9. The molecule has 2 atom stereocenters. The zero-order chi connectivity index (χ0) is 11.5. The monoisotopic (exact) mass is 227 g/mol. The molecule has 0 spiro atoms. The fourth-order valence-electron chi connectivity index (χ4n) is 2.52. The van der Waals surface area contributed by atoms with Crippen LogP contribution in [0.25, 0.3) is 0 Å². The lowest BCUT2D eigenvalue weighted by molar-refractivity contribution is -0.133. The number of ether oxygens (including phenoxy) is 1. The zero-order valence-electron chi connectivity index (χ0n) is 10.1. The van der Waals surface area contributed by atoms with Crippen LogP contribution in [0.1, 0.15) is 6.42 Å². The summed E-state index contributed by atoms with van der Waals surface area (Å²) >= 11 is 0. The molecule has 2 unspecified atom stereocenters. The van der Waals surface area contributed by atoms with E-state index in [-0.39, 0.29) is 18.1 Å². The van der Waals surface area contributed by atoms with Crippen LogP contribution >= 0.6 is 0 Å². The third-order valence-electron chi connectivity index (χ3n) is 3.44. The molecule has 5 heteroatoms. The Labute approximate surface area is 96.7 Å². The molecule has 2 heterocycles. The van der Waals surface area contributed by atoms with Gasteiger partial charge in [-0.1, -0.05) is 0 Å². The topological polar surface area (TPSA) is 44.8 Å². The van der Waals surface area contributed by atoms with E-state index < -0.39 is 0 Å². The van der Waals surface area contributed by atoms with Gasteiger partial charge in [0.2, 0.25) is 5.91 Å². The first kappa shape index (κ1) is 11.8. The van der Waals surface area contributed by atoms with Crippen molar-refractivity contribution in [3.63, 3.8) is 0 Å². The number of carbonyl (C=O) groups is 1. The SMILES string of the molecule is CNCC1CN(C2CCN(C)C2=O)CCO1. The number of nitrogens with one attached hydrogen (secondary N) is 1. The number of carbonyl (C=O) groups excluding carboxylic acids is 1. The first-order chi connectivity index (χ1) is 7.72. The van der Waals surface area contributed by atoms with Crippen LogP contribution in [-0.2, 0) is 9.53 Å². The average Bonchev–Trinajstić information content (AvgIpc) is 2.61. The molecule has 0 saturated carbocycles. The number of hydrogen-bond acceptors (Lipinski definition) is 4. The van der Waals surface area contributed by atoms with Crippen LogP contribution in [0.3, 0.4) is 0 Å². The molecule has 16 heavy (non-hydrogen) atoms. The third-order valence-corrected chi connectivity index (χ3v) is 3.44. The van der Waals surface area contributed by atoms with Crippen molar-refractivity contribution in [3.05, 3.63) is 0 Å². The van der Waals surface area contributed by atoms with Gasteiger partial charge >= 0.3 is 0 Å². The Kier molecular flexibility index (Phi) is 3.78. The second kappa shape index (κ2) is 5.12. The van der Waals surface area contributed by atoms with E-state index in [4.69, 9.17) is 4.74 Å². The van der Waals surface area contributed by atoms with Crippen LogP contribution in [0.2, 0.25) is 0 Å². The van der Waals surface area contributed by atoms with E-state index in [9.17, 15) is 4.79 Å². The van der Waals surface area contributed by atoms with Gasteiger partial charge in [-0.2, -0.15) is 0 Å². The minimum absolute atomic E-state index is 0.0910. The minimum atomic E-state index is 0.0910. The van der Waals surface area contributed by atoms with Crippen LogP contribution in [0.4, 0.5) is 0 Å². The smallest absolute Gasteiger partial charge is 0.239 e. The van der Waals surface area contributed by atoms with Gasteiger partial charge in [-0.15, -0.1) is 0 Å². The molecule has 0 bridgehead atoms. The molecule has 0 aromatic heterocycles. The molecule has 1 amide bonds. The van der Waals surface area contributed by atoms with E-state index in [1.165, 1.54) is 0 Å². The van der Waals surface area contributed by atoms with Gasteiger partial charge in [0.25, 0.3) is 0 Å². The molecule has 2 aliphatic rings. The van der Waals surface area contributed by atoms with Crippen molar-refractivity contribution in [3.8, 4) is 0 Å². The molecule has 2 fully saturated rings. The molecule has 2 aliphatic heterocycles. The van der Waals surface area contributed by atoms with Gasteiger partial charge in [-0.05, 0) is 13.5 Å². The average molecular weight is 227 g/mol. The van der Waals surface area contributed by atoms with Gasteiger partial charge in [0, 0.05) is 33.2 Å². The van der Waals surface area contributed by atoms with E-state index in [1.54, 1.807) is 0 Å². The van der Waals surface area contributed by atoms with Crippen molar-refractivity contribution in [1.82, 2.24) is 15.1 Å². The third kappa shape index (κ3) is 2.36. The second-order valence-corrected chi connectivity index (χ2v) is 4.61. The second-order valence-electron chi connectivity index (χ2n) is 4.61. The van der Waals surface area contributed by atoms with Crippen molar-refractivity contribution in [2.75, 3.05) is 46.9 Å². The van der Waals surface area contributed by atoms with Crippen LogP contribution in [0.5, 0.6) is 0 Å². The summed E-state index contributed by atoms with van der Waals surface area (Å²) in [5.74, 6) is 0.269. The van der Waals surface area contributed by atoms with E-state index in [0.29, 0.717) is 0 Å². The largest absolute Gasteiger partial charge is 0.374 e. The highest BCUT2D eigenvalue weighted by molar-refractivity contribution is 5.83. The van der Waals surface area contributed by atoms with Crippen molar-refractivity contribution in [1.29, 1.82) is 0 Å². The highest BCUT2D eigenvalue weighted by atomic mass is 16.5. The zero-order valence-corrected chi connectivity index (χ0v) is 10.1. The lowest BCUT2D eigenvalue weighted by Gasteiger charge is -2.35. The summed E-state index contributed by atoms with van der Waals surface area (Å²) in [5, 5.41) is 3.12. The molecule has 1 N–H and O–H groups in total. The molecule has 92 valence electrons. The summed E-state index contributed by atoms with van der Waals surface area (Å²) in [6.07, 6.45) is 1.18. The quantitative estimate of drug-likeness (QED) is 0.681. The number of rotatable bonds is 3. The standard InChI is InChI=1S/C11H21N3O2/c1-12-7-9-8-14(5-6-16-9)10-3-4-13(2)11(10)15/h9-10,12H,3-8H2,1-2H3. The number of amides is 1.